The largest absolute Gasteiger partial charge is 0.481 e. The fraction of sp³-hybridized carbons (Fsp3) is 0.429. The maximum Gasteiger partial charge on any atom is 0.326 e. The molecular weight excluding hydrogens is 452 g/mol. The lowest BCUT2D eigenvalue weighted by Crippen LogP contribution is -2.54. The van der Waals surface area contributed by atoms with Crippen LogP contribution in [0.1, 0.15) is 31.2 Å². The molecule has 0 bridgehead atoms. The third kappa shape index (κ3) is 11.0. The number of aliphatic carboxylic acids is 3. The summed E-state index contributed by atoms with van der Waals surface area (Å²) >= 11 is 0. The van der Waals surface area contributed by atoms with Gasteiger partial charge in [0.1, 0.15) is 12.1 Å². The van der Waals surface area contributed by atoms with Gasteiger partial charge in [-0.05, 0) is 24.8 Å². The molecule has 8 N–H and O–H groups in total. The monoisotopic (exact) mass is 480 g/mol. The van der Waals surface area contributed by atoms with Crippen molar-refractivity contribution in [2.24, 2.45) is 5.73 Å². The van der Waals surface area contributed by atoms with Crippen molar-refractivity contribution >= 4 is 35.6 Å². The number of nitrogens with one attached hydrogen (secondary N) is 3. The number of hydrogen-bond donors (Lipinski definition) is 7. The summed E-state index contributed by atoms with van der Waals surface area (Å²) in [6.45, 7) is -0.556. The van der Waals surface area contributed by atoms with Crippen LogP contribution in [0.5, 0.6) is 0 Å². The number of carbonyl (C=O) groups is 6. The molecule has 3 atom stereocenters. The number of rotatable bonds is 15. The molecular formula is C21H28N4O9. The number of nitrogens with two attached hydrogens (primary N) is 1. The second-order valence-electron chi connectivity index (χ2n) is 7.40. The van der Waals surface area contributed by atoms with E-state index in [1.807, 2.05) is 0 Å². The summed E-state index contributed by atoms with van der Waals surface area (Å²) in [5.74, 6) is -6.46. The molecule has 13 nitrogen and oxygen atoms in total. The van der Waals surface area contributed by atoms with E-state index >= 15 is 0 Å². The third-order valence-electron chi connectivity index (χ3n) is 4.62. The van der Waals surface area contributed by atoms with Gasteiger partial charge in [0.2, 0.25) is 17.7 Å². The lowest BCUT2D eigenvalue weighted by atomic mass is 10.1. The highest BCUT2D eigenvalue weighted by Gasteiger charge is 2.27. The van der Waals surface area contributed by atoms with Crippen LogP contribution in [0.15, 0.2) is 30.3 Å². The van der Waals surface area contributed by atoms with Crippen LogP contribution in [0.2, 0.25) is 0 Å². The summed E-state index contributed by atoms with van der Waals surface area (Å²) in [4.78, 5) is 69.7. The quantitative estimate of drug-likeness (QED) is 0.153. The third-order valence-corrected chi connectivity index (χ3v) is 4.62. The Balaban J connectivity index is 2.68. The molecule has 3 amide bonds. The topological polar surface area (TPSA) is 225 Å². The Kier molecular flexibility index (Phi) is 11.7. The van der Waals surface area contributed by atoms with Crippen molar-refractivity contribution in [2.75, 3.05) is 6.54 Å². The number of carboxylic acid groups (broad SMARTS) is 3. The van der Waals surface area contributed by atoms with Crippen molar-refractivity contribution in [2.45, 2.75) is 50.2 Å². The van der Waals surface area contributed by atoms with Crippen molar-refractivity contribution < 1.29 is 44.1 Å². The zero-order valence-corrected chi connectivity index (χ0v) is 18.2. The van der Waals surface area contributed by atoms with Gasteiger partial charge in [-0.25, -0.2) is 4.79 Å². The Morgan fingerprint density at radius 3 is 1.88 bits per heavy atom. The molecule has 0 aromatic heterocycles. The average Bonchev–Trinajstić information content (AvgIpc) is 2.77. The minimum absolute atomic E-state index is 0.227. The highest BCUT2D eigenvalue weighted by atomic mass is 16.4. The first-order chi connectivity index (χ1) is 16.0. The van der Waals surface area contributed by atoms with E-state index in [1.54, 1.807) is 30.3 Å². The molecule has 34 heavy (non-hydrogen) atoms. The van der Waals surface area contributed by atoms with Crippen molar-refractivity contribution in [1.29, 1.82) is 0 Å². The predicted molar refractivity (Wildman–Crippen MR) is 116 cm³/mol. The first-order valence-electron chi connectivity index (χ1n) is 10.3. The van der Waals surface area contributed by atoms with Gasteiger partial charge in [-0.1, -0.05) is 30.3 Å². The Morgan fingerprint density at radius 1 is 0.794 bits per heavy atom. The van der Waals surface area contributed by atoms with E-state index in [-0.39, 0.29) is 12.8 Å². The zero-order valence-electron chi connectivity index (χ0n) is 18.2. The van der Waals surface area contributed by atoms with Gasteiger partial charge >= 0.3 is 17.9 Å². The minimum atomic E-state index is -1.55. The van der Waals surface area contributed by atoms with E-state index in [4.69, 9.17) is 15.9 Å². The normalized spacial score (nSPS) is 13.1. The van der Waals surface area contributed by atoms with E-state index in [9.17, 15) is 33.9 Å². The van der Waals surface area contributed by atoms with Gasteiger partial charge in [0.15, 0.2) is 0 Å². The van der Waals surface area contributed by atoms with Gasteiger partial charge in [-0.2, -0.15) is 0 Å². The van der Waals surface area contributed by atoms with Crippen LogP contribution in [-0.2, 0) is 35.2 Å². The number of carbonyl (C=O) groups excluding carboxylic acids is 3. The van der Waals surface area contributed by atoms with Gasteiger partial charge < -0.3 is 37.0 Å². The fourth-order valence-corrected chi connectivity index (χ4v) is 2.84. The van der Waals surface area contributed by atoms with Crippen molar-refractivity contribution in [1.82, 2.24) is 16.0 Å². The molecule has 1 aromatic carbocycles. The number of hydrogen-bond acceptors (Lipinski definition) is 7. The molecule has 1 rings (SSSR count). The van der Waals surface area contributed by atoms with Crippen molar-refractivity contribution in [3.8, 4) is 0 Å². The van der Waals surface area contributed by atoms with Crippen LogP contribution in [-0.4, -0.2) is 75.6 Å². The lowest BCUT2D eigenvalue weighted by molar-refractivity contribution is -0.144. The van der Waals surface area contributed by atoms with Gasteiger partial charge in [0, 0.05) is 12.8 Å². The van der Waals surface area contributed by atoms with Crippen LogP contribution in [0.4, 0.5) is 0 Å². The number of benzene rings is 1. The fourth-order valence-electron chi connectivity index (χ4n) is 2.84. The standard InChI is InChI=1S/C21H28N4O9/c22-13(10-12-4-2-1-3-5-12)19(31)23-11-16(26)24-14(6-8-17(27)28)20(32)25-15(21(33)34)7-9-18(29)30/h1-5,13-15H,6-11,22H2,(H,23,31)(H,24,26)(H,25,32)(H,27,28)(H,29,30)(H,33,34). The summed E-state index contributed by atoms with van der Waals surface area (Å²) in [6, 6.07) is 5.03. The molecule has 0 fully saturated rings. The van der Waals surface area contributed by atoms with Crippen molar-refractivity contribution in [3.63, 3.8) is 0 Å². The van der Waals surface area contributed by atoms with Gasteiger partial charge in [-0.3, -0.25) is 24.0 Å². The average molecular weight is 480 g/mol. The number of amides is 3. The van der Waals surface area contributed by atoms with E-state index in [1.165, 1.54) is 0 Å². The molecule has 0 aliphatic heterocycles. The van der Waals surface area contributed by atoms with E-state index in [0.717, 1.165) is 5.56 Å². The van der Waals surface area contributed by atoms with Crippen LogP contribution in [0.25, 0.3) is 0 Å². The summed E-state index contributed by atoms with van der Waals surface area (Å²) < 4.78 is 0. The lowest BCUT2D eigenvalue weighted by Gasteiger charge is -2.21. The second kappa shape index (κ2) is 14.2. The smallest absolute Gasteiger partial charge is 0.326 e. The maximum absolute atomic E-state index is 12.5. The van der Waals surface area contributed by atoms with Crippen LogP contribution < -0.4 is 21.7 Å². The molecule has 0 aliphatic rings. The molecule has 3 unspecified atom stereocenters. The first-order valence-corrected chi connectivity index (χ1v) is 10.3. The molecule has 0 spiro atoms. The van der Waals surface area contributed by atoms with E-state index in [2.05, 4.69) is 16.0 Å². The molecule has 1 aromatic rings. The van der Waals surface area contributed by atoms with Crippen LogP contribution in [0.3, 0.4) is 0 Å². The molecule has 0 aliphatic carbocycles. The predicted octanol–water partition coefficient (Wildman–Crippen LogP) is -1.54. The Bertz CT molecular complexity index is 891. The van der Waals surface area contributed by atoms with Gasteiger partial charge in [0.25, 0.3) is 0 Å². The van der Waals surface area contributed by atoms with Gasteiger partial charge in [-0.15, -0.1) is 0 Å². The summed E-state index contributed by atoms with van der Waals surface area (Å²) in [7, 11) is 0. The SMILES string of the molecule is NC(Cc1ccccc1)C(=O)NCC(=O)NC(CCC(=O)O)C(=O)NC(CCC(=O)O)C(=O)O. The minimum Gasteiger partial charge on any atom is -0.481 e. The molecule has 0 saturated carbocycles. The van der Waals surface area contributed by atoms with E-state index < -0.39 is 79.6 Å². The summed E-state index contributed by atoms with van der Waals surface area (Å²) in [5.41, 5.74) is 6.64. The molecule has 0 radical (unpaired) electrons. The zero-order chi connectivity index (χ0) is 25.7. The summed E-state index contributed by atoms with van der Waals surface area (Å²) in [5, 5.41) is 33.4. The molecule has 0 saturated heterocycles. The number of carboxylic acids is 3. The first kappa shape index (κ1) is 28.0. The van der Waals surface area contributed by atoms with Crippen LogP contribution in [0, 0.1) is 0 Å². The molecule has 186 valence electrons. The Hall–Kier alpha value is -4.00. The van der Waals surface area contributed by atoms with Gasteiger partial charge in [0.05, 0.1) is 12.6 Å². The molecule has 13 heteroatoms. The summed E-state index contributed by atoms with van der Waals surface area (Å²) in [6.07, 6.45) is -1.59. The van der Waals surface area contributed by atoms with Crippen molar-refractivity contribution in [3.05, 3.63) is 35.9 Å². The molecule has 0 heterocycles. The highest BCUT2D eigenvalue weighted by molar-refractivity contribution is 5.92. The van der Waals surface area contributed by atoms with E-state index in [0.29, 0.717) is 0 Å². The van der Waals surface area contributed by atoms with Crippen LogP contribution >= 0.6 is 0 Å². The Morgan fingerprint density at radius 2 is 1.35 bits per heavy atom. The Labute approximate surface area is 194 Å². The highest BCUT2D eigenvalue weighted by Crippen LogP contribution is 2.04. The second-order valence-corrected chi connectivity index (χ2v) is 7.40. The maximum atomic E-state index is 12.5.